The van der Waals surface area contributed by atoms with Crippen LogP contribution in [0.3, 0.4) is 0 Å². The van der Waals surface area contributed by atoms with Crippen molar-refractivity contribution in [1.29, 1.82) is 0 Å². The second kappa shape index (κ2) is 8.73. The fraction of sp³-hybridized carbons (Fsp3) is 0.429. The van der Waals surface area contributed by atoms with Crippen LogP contribution in [0.15, 0.2) is 24.3 Å². The summed E-state index contributed by atoms with van der Waals surface area (Å²) in [6.07, 6.45) is -0.740. The molecular formula is C21H19F7O2. The van der Waals surface area contributed by atoms with Gasteiger partial charge < -0.3 is 9.47 Å². The molecule has 1 saturated carbocycles. The Hall–Kier alpha value is -2.45. The van der Waals surface area contributed by atoms with Crippen molar-refractivity contribution in [3.05, 3.63) is 58.9 Å². The average Bonchev–Trinajstić information content (AvgIpc) is 2.68. The molecule has 1 aliphatic carbocycles. The van der Waals surface area contributed by atoms with Crippen molar-refractivity contribution in [3.63, 3.8) is 0 Å². The lowest BCUT2D eigenvalue weighted by Gasteiger charge is -2.26. The minimum absolute atomic E-state index is 0.128. The summed E-state index contributed by atoms with van der Waals surface area (Å²) < 4.78 is 106. The van der Waals surface area contributed by atoms with Crippen LogP contribution in [0.4, 0.5) is 30.7 Å². The standard InChI is InChI=1S/C21H19F7O2/c1-11-2-4-12(5-3-11)10-29-17-7-6-14(18(24)20(17)26)21(27,28)30-13-8-15(22)19(25)16(23)9-13/h6-9,11-12H,2-5,10H2,1H3. The van der Waals surface area contributed by atoms with Crippen LogP contribution in [0.1, 0.15) is 38.2 Å². The molecule has 0 aliphatic heterocycles. The van der Waals surface area contributed by atoms with Crippen LogP contribution in [-0.4, -0.2) is 6.61 Å². The third kappa shape index (κ3) is 4.82. The zero-order chi connectivity index (χ0) is 22.1. The Labute approximate surface area is 168 Å². The third-order valence-corrected chi connectivity index (χ3v) is 5.17. The summed E-state index contributed by atoms with van der Waals surface area (Å²) in [6.45, 7) is 2.26. The van der Waals surface area contributed by atoms with Gasteiger partial charge in [0.2, 0.25) is 5.82 Å². The minimum atomic E-state index is -4.49. The molecule has 0 bridgehead atoms. The maximum absolute atomic E-state index is 14.3. The molecule has 0 N–H and O–H groups in total. The molecule has 0 saturated heterocycles. The second-order valence-electron chi connectivity index (χ2n) is 7.50. The highest BCUT2D eigenvalue weighted by molar-refractivity contribution is 5.34. The van der Waals surface area contributed by atoms with Gasteiger partial charge in [0.1, 0.15) is 11.3 Å². The quantitative estimate of drug-likeness (QED) is 0.370. The van der Waals surface area contributed by atoms with Crippen LogP contribution in [-0.2, 0) is 6.11 Å². The summed E-state index contributed by atoms with van der Waals surface area (Å²) in [5.74, 6) is -9.82. The molecule has 2 aromatic carbocycles. The van der Waals surface area contributed by atoms with Gasteiger partial charge in [0.05, 0.1) is 6.61 Å². The van der Waals surface area contributed by atoms with E-state index in [9.17, 15) is 30.7 Å². The van der Waals surface area contributed by atoms with E-state index in [1.807, 2.05) is 0 Å². The van der Waals surface area contributed by atoms with Crippen molar-refractivity contribution < 1.29 is 40.2 Å². The number of hydrogen-bond acceptors (Lipinski definition) is 2. The third-order valence-electron chi connectivity index (χ3n) is 5.17. The molecule has 3 rings (SSSR count). The van der Waals surface area contributed by atoms with Gasteiger partial charge in [0.15, 0.2) is 29.0 Å². The van der Waals surface area contributed by atoms with E-state index in [4.69, 9.17) is 4.74 Å². The Kier molecular flexibility index (Phi) is 6.47. The summed E-state index contributed by atoms with van der Waals surface area (Å²) in [7, 11) is 0. The molecule has 9 heteroatoms. The molecule has 1 aliphatic rings. The first-order chi connectivity index (χ1) is 14.1. The Balaban J connectivity index is 1.75. The van der Waals surface area contributed by atoms with Crippen molar-refractivity contribution in [2.24, 2.45) is 11.8 Å². The van der Waals surface area contributed by atoms with Crippen LogP contribution in [0.2, 0.25) is 0 Å². The van der Waals surface area contributed by atoms with Gasteiger partial charge in [0.25, 0.3) is 0 Å². The van der Waals surface area contributed by atoms with E-state index in [0.29, 0.717) is 12.0 Å². The largest absolute Gasteiger partial charge is 0.490 e. The molecule has 1 fully saturated rings. The zero-order valence-corrected chi connectivity index (χ0v) is 16.0. The predicted molar refractivity (Wildman–Crippen MR) is 93.8 cm³/mol. The Bertz CT molecular complexity index is 885. The van der Waals surface area contributed by atoms with E-state index in [1.165, 1.54) is 0 Å². The van der Waals surface area contributed by atoms with E-state index in [0.717, 1.165) is 31.7 Å². The Morgan fingerprint density at radius 3 is 2.07 bits per heavy atom. The lowest BCUT2D eigenvalue weighted by atomic mass is 9.83. The van der Waals surface area contributed by atoms with Crippen molar-refractivity contribution in [2.45, 2.75) is 38.7 Å². The number of hydrogen-bond donors (Lipinski definition) is 0. The highest BCUT2D eigenvalue weighted by atomic mass is 19.3. The van der Waals surface area contributed by atoms with Crippen molar-refractivity contribution in [3.8, 4) is 11.5 Å². The van der Waals surface area contributed by atoms with Crippen LogP contribution in [0, 0.1) is 40.9 Å². The maximum atomic E-state index is 14.3. The average molecular weight is 436 g/mol. The monoisotopic (exact) mass is 436 g/mol. The van der Waals surface area contributed by atoms with Gasteiger partial charge in [-0.05, 0) is 36.8 Å². The van der Waals surface area contributed by atoms with Crippen molar-refractivity contribution >= 4 is 0 Å². The van der Waals surface area contributed by atoms with Crippen molar-refractivity contribution in [1.82, 2.24) is 0 Å². The molecule has 2 nitrogen and oxygen atoms in total. The van der Waals surface area contributed by atoms with Gasteiger partial charge >= 0.3 is 6.11 Å². The second-order valence-corrected chi connectivity index (χ2v) is 7.50. The molecule has 0 atom stereocenters. The molecule has 0 spiro atoms. The van der Waals surface area contributed by atoms with Crippen LogP contribution >= 0.6 is 0 Å². The maximum Gasteiger partial charge on any atom is 0.429 e. The first-order valence-electron chi connectivity index (χ1n) is 9.41. The number of halogens is 7. The summed E-state index contributed by atoms with van der Waals surface area (Å²) in [6, 6.07) is 1.74. The molecule has 0 aromatic heterocycles. The summed E-state index contributed by atoms with van der Waals surface area (Å²) in [5.41, 5.74) is -1.50. The Morgan fingerprint density at radius 1 is 0.867 bits per heavy atom. The van der Waals surface area contributed by atoms with Gasteiger partial charge in [-0.1, -0.05) is 19.8 Å². The Morgan fingerprint density at radius 2 is 1.47 bits per heavy atom. The molecule has 2 aromatic rings. The SMILES string of the molecule is CC1CCC(COc2ccc(C(F)(F)Oc3cc(F)c(F)c(F)c3)c(F)c2F)CC1. The normalized spacial score (nSPS) is 19.6. The van der Waals surface area contributed by atoms with E-state index in [2.05, 4.69) is 11.7 Å². The number of alkyl halides is 2. The van der Waals surface area contributed by atoms with E-state index >= 15 is 0 Å². The highest BCUT2D eigenvalue weighted by Crippen LogP contribution is 2.37. The molecule has 0 amide bonds. The van der Waals surface area contributed by atoms with Gasteiger partial charge in [-0.15, -0.1) is 0 Å². The lowest BCUT2D eigenvalue weighted by Crippen LogP contribution is -2.24. The highest BCUT2D eigenvalue weighted by Gasteiger charge is 2.40. The van der Waals surface area contributed by atoms with Gasteiger partial charge in [-0.2, -0.15) is 13.2 Å². The first-order valence-corrected chi connectivity index (χ1v) is 9.41. The van der Waals surface area contributed by atoms with Crippen molar-refractivity contribution in [2.75, 3.05) is 6.61 Å². The lowest BCUT2D eigenvalue weighted by molar-refractivity contribution is -0.188. The van der Waals surface area contributed by atoms with Crippen LogP contribution < -0.4 is 9.47 Å². The predicted octanol–water partition coefficient (Wildman–Crippen LogP) is 6.72. The van der Waals surface area contributed by atoms with E-state index in [1.54, 1.807) is 0 Å². The van der Waals surface area contributed by atoms with Crippen LogP contribution in [0.5, 0.6) is 11.5 Å². The van der Waals surface area contributed by atoms with Gasteiger partial charge in [0, 0.05) is 12.1 Å². The summed E-state index contributed by atoms with van der Waals surface area (Å²) >= 11 is 0. The van der Waals surface area contributed by atoms with Crippen LogP contribution in [0.25, 0.3) is 0 Å². The number of ether oxygens (including phenoxy) is 2. The summed E-state index contributed by atoms with van der Waals surface area (Å²) in [5, 5.41) is 0. The number of benzene rings is 2. The van der Waals surface area contributed by atoms with E-state index < -0.39 is 52.3 Å². The molecule has 0 heterocycles. The number of rotatable bonds is 6. The fourth-order valence-electron chi connectivity index (χ4n) is 3.37. The molecule has 164 valence electrons. The molecule has 30 heavy (non-hydrogen) atoms. The molecule has 0 radical (unpaired) electrons. The zero-order valence-electron chi connectivity index (χ0n) is 16.0. The van der Waals surface area contributed by atoms with Gasteiger partial charge in [-0.3, -0.25) is 0 Å². The molecular weight excluding hydrogens is 417 g/mol. The minimum Gasteiger partial charge on any atom is -0.490 e. The smallest absolute Gasteiger partial charge is 0.429 e. The molecule has 0 unspecified atom stereocenters. The summed E-state index contributed by atoms with van der Waals surface area (Å²) in [4.78, 5) is 0. The van der Waals surface area contributed by atoms with Gasteiger partial charge in [-0.25, -0.2) is 17.6 Å². The van der Waals surface area contributed by atoms with E-state index in [-0.39, 0.29) is 24.7 Å². The first kappa shape index (κ1) is 22.2. The topological polar surface area (TPSA) is 18.5 Å². The fourth-order valence-corrected chi connectivity index (χ4v) is 3.37.